The maximum atomic E-state index is 11.4. The fourth-order valence-corrected chi connectivity index (χ4v) is 3.79. The van der Waals surface area contributed by atoms with Gasteiger partial charge in [0, 0.05) is 0 Å². The second-order valence-corrected chi connectivity index (χ2v) is 6.31. The van der Waals surface area contributed by atoms with E-state index in [-0.39, 0.29) is 12.0 Å². The Morgan fingerprint density at radius 2 is 2.14 bits per heavy atom. The second kappa shape index (κ2) is 4.64. The average Bonchev–Trinajstić information content (AvgIpc) is 2.92. The number of carbonyl (C=O) groups is 1. The van der Waals surface area contributed by atoms with Crippen LogP contribution in [-0.4, -0.2) is 31.2 Å². The summed E-state index contributed by atoms with van der Waals surface area (Å²) >= 11 is 0. The summed E-state index contributed by atoms with van der Waals surface area (Å²) in [6, 6.07) is 9.40. The van der Waals surface area contributed by atoms with Crippen LogP contribution in [0, 0.1) is 11.3 Å². The molecule has 0 bridgehead atoms. The lowest BCUT2D eigenvalue weighted by molar-refractivity contribution is -0.143. The Labute approximate surface area is 127 Å². The maximum Gasteiger partial charge on any atom is 0.310 e. The van der Waals surface area contributed by atoms with Gasteiger partial charge in [-0.2, -0.15) is 0 Å². The van der Waals surface area contributed by atoms with Crippen LogP contribution in [0.3, 0.4) is 0 Å². The van der Waals surface area contributed by atoms with Crippen LogP contribution in [-0.2, 0) is 4.79 Å². The van der Waals surface area contributed by atoms with Gasteiger partial charge in [-0.05, 0) is 30.7 Å². The highest BCUT2D eigenvalue weighted by molar-refractivity contribution is 5.79. The van der Waals surface area contributed by atoms with E-state index in [0.717, 1.165) is 18.4 Å². The van der Waals surface area contributed by atoms with E-state index in [1.807, 2.05) is 30.3 Å². The number of hydrogen-bond donors (Lipinski definition) is 2. The van der Waals surface area contributed by atoms with Gasteiger partial charge in [0.25, 0.3) is 0 Å². The van der Waals surface area contributed by atoms with Crippen LogP contribution in [0.1, 0.15) is 42.7 Å². The van der Waals surface area contributed by atoms with Crippen molar-refractivity contribution >= 4 is 5.97 Å². The zero-order chi connectivity index (χ0) is 15.3. The highest BCUT2D eigenvalue weighted by atomic mass is 16.4. The van der Waals surface area contributed by atoms with Crippen molar-refractivity contribution in [1.29, 1.82) is 0 Å². The van der Waals surface area contributed by atoms with E-state index in [9.17, 15) is 15.0 Å². The van der Waals surface area contributed by atoms with Crippen LogP contribution in [0.5, 0.6) is 0 Å². The molecule has 2 aromatic rings. The molecule has 0 saturated heterocycles. The van der Waals surface area contributed by atoms with Crippen LogP contribution in [0.4, 0.5) is 0 Å². The van der Waals surface area contributed by atoms with Crippen LogP contribution in [0.25, 0.3) is 0 Å². The van der Waals surface area contributed by atoms with Crippen molar-refractivity contribution in [3.8, 4) is 0 Å². The molecule has 6 nitrogen and oxygen atoms in total. The molecule has 22 heavy (non-hydrogen) atoms. The number of aromatic nitrogens is 3. The first-order valence-electron chi connectivity index (χ1n) is 7.50. The summed E-state index contributed by atoms with van der Waals surface area (Å²) in [5.41, 5.74) is 0.737. The predicted molar refractivity (Wildman–Crippen MR) is 77.0 cm³/mol. The van der Waals surface area contributed by atoms with Crippen LogP contribution < -0.4 is 0 Å². The fourth-order valence-electron chi connectivity index (χ4n) is 3.79. The number of aliphatic hydroxyl groups excluding tert-OH is 1. The maximum absolute atomic E-state index is 11.4. The van der Waals surface area contributed by atoms with Crippen molar-refractivity contribution in [2.45, 2.75) is 31.4 Å². The number of aliphatic hydroxyl groups is 1. The zero-order valence-corrected chi connectivity index (χ0v) is 12.0. The number of benzene rings is 1. The highest BCUT2D eigenvalue weighted by Crippen LogP contribution is 2.67. The molecule has 0 radical (unpaired) electrons. The second-order valence-electron chi connectivity index (χ2n) is 6.31. The molecule has 114 valence electrons. The molecule has 2 N–H and O–H groups in total. The van der Waals surface area contributed by atoms with Gasteiger partial charge in [-0.3, -0.25) is 4.79 Å². The van der Waals surface area contributed by atoms with Crippen LogP contribution >= 0.6 is 0 Å². The summed E-state index contributed by atoms with van der Waals surface area (Å²) in [7, 11) is 0. The molecule has 4 rings (SSSR count). The van der Waals surface area contributed by atoms with E-state index in [4.69, 9.17) is 0 Å². The number of rotatable bonds is 4. The van der Waals surface area contributed by atoms with E-state index in [2.05, 4.69) is 10.3 Å². The zero-order valence-electron chi connectivity index (χ0n) is 12.0. The summed E-state index contributed by atoms with van der Waals surface area (Å²) in [5.74, 6) is -0.543. The third-order valence-electron chi connectivity index (χ3n) is 5.17. The molecular formula is C16H17N3O3. The quantitative estimate of drug-likeness (QED) is 0.898. The minimum Gasteiger partial charge on any atom is -0.481 e. The highest BCUT2D eigenvalue weighted by Gasteiger charge is 2.67. The molecule has 0 amide bonds. The van der Waals surface area contributed by atoms with Gasteiger partial charge in [0.05, 0.1) is 17.7 Å². The van der Waals surface area contributed by atoms with E-state index >= 15 is 0 Å². The lowest BCUT2D eigenvalue weighted by Gasteiger charge is -2.10. The van der Waals surface area contributed by atoms with Crippen molar-refractivity contribution in [2.75, 3.05) is 0 Å². The first-order valence-corrected chi connectivity index (χ1v) is 7.50. The van der Waals surface area contributed by atoms with Crippen molar-refractivity contribution in [1.82, 2.24) is 15.0 Å². The molecule has 0 spiro atoms. The first-order chi connectivity index (χ1) is 10.6. The summed E-state index contributed by atoms with van der Waals surface area (Å²) < 4.78 is 1.74. The number of hydrogen-bond acceptors (Lipinski definition) is 4. The number of carboxylic acid groups (broad SMARTS) is 1. The summed E-state index contributed by atoms with van der Waals surface area (Å²) in [6.07, 6.45) is 3.18. The lowest BCUT2D eigenvalue weighted by atomic mass is 10.1. The van der Waals surface area contributed by atoms with Crippen molar-refractivity contribution in [2.24, 2.45) is 11.3 Å². The molecule has 2 aliphatic carbocycles. The summed E-state index contributed by atoms with van der Waals surface area (Å²) in [5, 5.41) is 27.9. The SMILES string of the molecule is O=C(O)[C@]12CC[C@@H](n3cc([C@H](O)c4ccccc4)nn3)[C@H]1C2. The third kappa shape index (κ3) is 1.87. The first kappa shape index (κ1) is 13.5. The molecule has 0 unspecified atom stereocenters. The number of carboxylic acids is 1. The van der Waals surface area contributed by atoms with E-state index in [1.165, 1.54) is 0 Å². The standard InChI is InChI=1S/C16H17N3O3/c20-14(10-4-2-1-3-5-10)12-9-19(18-17-12)13-6-7-16(15(21)22)8-11(13)16/h1-5,9,11,13-14,20H,6-8H2,(H,21,22)/t11-,13-,14-,16+/m1/s1. The Morgan fingerprint density at radius 1 is 1.36 bits per heavy atom. The molecule has 4 atom stereocenters. The third-order valence-corrected chi connectivity index (χ3v) is 5.17. The number of aliphatic carboxylic acids is 1. The largest absolute Gasteiger partial charge is 0.481 e. The Hall–Kier alpha value is -2.21. The molecule has 2 saturated carbocycles. The Bertz CT molecular complexity index is 714. The van der Waals surface area contributed by atoms with Gasteiger partial charge in [0.15, 0.2) is 0 Å². The molecule has 2 fully saturated rings. The monoisotopic (exact) mass is 299 g/mol. The predicted octanol–water partition coefficient (Wildman–Crippen LogP) is 1.79. The molecule has 1 aromatic heterocycles. The molecule has 1 heterocycles. The summed E-state index contributed by atoms with van der Waals surface area (Å²) in [6.45, 7) is 0. The van der Waals surface area contributed by atoms with Gasteiger partial charge >= 0.3 is 5.97 Å². The van der Waals surface area contributed by atoms with E-state index in [0.29, 0.717) is 12.1 Å². The normalized spacial score (nSPS) is 30.8. The minimum absolute atomic E-state index is 0.0836. The Morgan fingerprint density at radius 3 is 2.77 bits per heavy atom. The number of fused-ring (bicyclic) bond motifs is 1. The smallest absolute Gasteiger partial charge is 0.310 e. The summed E-state index contributed by atoms with van der Waals surface area (Å²) in [4.78, 5) is 11.4. The van der Waals surface area contributed by atoms with E-state index < -0.39 is 17.5 Å². The number of nitrogens with zero attached hydrogens (tertiary/aromatic N) is 3. The van der Waals surface area contributed by atoms with Crippen molar-refractivity contribution in [3.05, 3.63) is 47.8 Å². The molecular weight excluding hydrogens is 282 g/mol. The van der Waals surface area contributed by atoms with Gasteiger partial charge in [-0.15, -0.1) is 5.10 Å². The topological polar surface area (TPSA) is 88.2 Å². The van der Waals surface area contributed by atoms with Gasteiger partial charge in [0.2, 0.25) is 0 Å². The van der Waals surface area contributed by atoms with Gasteiger partial charge < -0.3 is 10.2 Å². The van der Waals surface area contributed by atoms with Gasteiger partial charge in [0.1, 0.15) is 11.8 Å². The Kier molecular flexibility index (Phi) is 2.84. The molecule has 0 aliphatic heterocycles. The van der Waals surface area contributed by atoms with E-state index in [1.54, 1.807) is 10.9 Å². The Balaban J connectivity index is 1.55. The van der Waals surface area contributed by atoms with Crippen molar-refractivity contribution in [3.63, 3.8) is 0 Å². The van der Waals surface area contributed by atoms with Crippen LogP contribution in [0.15, 0.2) is 36.5 Å². The minimum atomic E-state index is -0.806. The lowest BCUT2D eigenvalue weighted by Crippen LogP contribution is -2.14. The van der Waals surface area contributed by atoms with Gasteiger partial charge in [-0.1, -0.05) is 35.5 Å². The average molecular weight is 299 g/mol. The van der Waals surface area contributed by atoms with Crippen LogP contribution in [0.2, 0.25) is 0 Å². The fraction of sp³-hybridized carbons (Fsp3) is 0.438. The molecule has 2 aliphatic rings. The van der Waals surface area contributed by atoms with Gasteiger partial charge in [-0.25, -0.2) is 4.68 Å². The van der Waals surface area contributed by atoms with Crippen molar-refractivity contribution < 1.29 is 15.0 Å². The molecule has 6 heteroatoms. The molecule has 1 aromatic carbocycles.